The third kappa shape index (κ3) is 1.16. The zero-order chi connectivity index (χ0) is 9.42. The monoisotopic (exact) mass is 194 g/mol. The largest absolute Gasteiger partial charge is 0.298 e. The second-order valence-corrected chi connectivity index (χ2v) is 3.79. The van der Waals surface area contributed by atoms with E-state index in [1.807, 2.05) is 0 Å². The summed E-state index contributed by atoms with van der Waals surface area (Å²) in [5.41, 5.74) is 1.09. The number of carbonyl (C=O) groups excluding carboxylic acids is 1. The standard InChI is InChI=1S/C10H7FOS/c1-6-4-7(5-12)8-2-3-13-10(8)9(6)11/h2-5H,1H3. The zero-order valence-electron chi connectivity index (χ0n) is 7.00. The minimum absolute atomic E-state index is 0.212. The van der Waals surface area contributed by atoms with E-state index in [0.717, 1.165) is 6.29 Å². The van der Waals surface area contributed by atoms with Crippen LogP contribution in [0.5, 0.6) is 0 Å². The molecule has 0 bridgehead atoms. The minimum atomic E-state index is -0.212. The van der Waals surface area contributed by atoms with Crippen molar-refractivity contribution < 1.29 is 9.18 Å². The minimum Gasteiger partial charge on any atom is -0.298 e. The maximum atomic E-state index is 13.4. The van der Waals surface area contributed by atoms with E-state index in [1.54, 1.807) is 24.4 Å². The fourth-order valence-electron chi connectivity index (χ4n) is 1.36. The third-order valence-corrected chi connectivity index (χ3v) is 2.93. The highest BCUT2D eigenvalue weighted by atomic mass is 32.1. The lowest BCUT2D eigenvalue weighted by atomic mass is 10.1. The summed E-state index contributed by atoms with van der Waals surface area (Å²) in [5.74, 6) is -0.212. The second kappa shape index (κ2) is 2.92. The Morgan fingerprint density at radius 1 is 1.54 bits per heavy atom. The number of aryl methyl sites for hydroxylation is 1. The SMILES string of the molecule is Cc1cc(C=O)c2ccsc2c1F. The first-order valence-corrected chi connectivity index (χ1v) is 4.73. The number of halogens is 1. The average molecular weight is 194 g/mol. The van der Waals surface area contributed by atoms with Gasteiger partial charge in [-0.05, 0) is 30.0 Å². The van der Waals surface area contributed by atoms with Crippen molar-refractivity contribution in [2.75, 3.05) is 0 Å². The highest BCUT2D eigenvalue weighted by Crippen LogP contribution is 2.28. The van der Waals surface area contributed by atoms with Crippen molar-refractivity contribution >= 4 is 27.7 Å². The Bertz CT molecular complexity index is 473. The molecule has 66 valence electrons. The summed E-state index contributed by atoms with van der Waals surface area (Å²) < 4.78 is 14.0. The second-order valence-electron chi connectivity index (χ2n) is 2.88. The highest BCUT2D eigenvalue weighted by molar-refractivity contribution is 7.17. The Labute approximate surface area is 78.8 Å². The van der Waals surface area contributed by atoms with E-state index in [2.05, 4.69) is 0 Å². The van der Waals surface area contributed by atoms with Gasteiger partial charge in [0, 0.05) is 10.9 Å². The first kappa shape index (κ1) is 8.38. The van der Waals surface area contributed by atoms with Crippen LogP contribution >= 0.6 is 11.3 Å². The van der Waals surface area contributed by atoms with Gasteiger partial charge in [-0.1, -0.05) is 0 Å². The molecular formula is C10H7FOS. The van der Waals surface area contributed by atoms with Gasteiger partial charge in [-0.3, -0.25) is 4.79 Å². The molecule has 0 aliphatic rings. The summed E-state index contributed by atoms with van der Waals surface area (Å²) in [4.78, 5) is 10.7. The van der Waals surface area contributed by atoms with Gasteiger partial charge in [-0.25, -0.2) is 4.39 Å². The van der Waals surface area contributed by atoms with E-state index in [9.17, 15) is 9.18 Å². The van der Waals surface area contributed by atoms with Crippen LogP contribution in [-0.4, -0.2) is 6.29 Å². The van der Waals surface area contributed by atoms with E-state index in [4.69, 9.17) is 0 Å². The third-order valence-electron chi connectivity index (χ3n) is 2.02. The number of hydrogen-bond acceptors (Lipinski definition) is 2. The molecule has 13 heavy (non-hydrogen) atoms. The van der Waals surface area contributed by atoms with E-state index in [0.29, 0.717) is 21.2 Å². The molecule has 0 radical (unpaired) electrons. The lowest BCUT2D eigenvalue weighted by Crippen LogP contribution is -1.87. The normalized spacial score (nSPS) is 10.6. The fourth-order valence-corrected chi connectivity index (χ4v) is 2.28. The van der Waals surface area contributed by atoms with E-state index in [-0.39, 0.29) is 5.82 Å². The quantitative estimate of drug-likeness (QED) is 0.637. The van der Waals surface area contributed by atoms with Crippen molar-refractivity contribution in [3.8, 4) is 0 Å². The molecule has 0 spiro atoms. The molecule has 0 amide bonds. The summed E-state index contributed by atoms with van der Waals surface area (Å²) in [5, 5.41) is 2.50. The van der Waals surface area contributed by atoms with E-state index >= 15 is 0 Å². The van der Waals surface area contributed by atoms with Gasteiger partial charge < -0.3 is 0 Å². The Morgan fingerprint density at radius 2 is 2.31 bits per heavy atom. The number of carbonyl (C=O) groups is 1. The number of benzene rings is 1. The molecule has 2 aromatic rings. The van der Waals surface area contributed by atoms with E-state index < -0.39 is 0 Å². The fraction of sp³-hybridized carbons (Fsp3) is 0.100. The number of rotatable bonds is 1. The molecule has 1 nitrogen and oxygen atoms in total. The molecule has 1 aromatic carbocycles. The number of fused-ring (bicyclic) bond motifs is 1. The number of hydrogen-bond donors (Lipinski definition) is 0. The van der Waals surface area contributed by atoms with Gasteiger partial charge in [-0.2, -0.15) is 0 Å². The number of thiophene rings is 1. The summed E-state index contributed by atoms with van der Waals surface area (Å²) >= 11 is 1.32. The van der Waals surface area contributed by atoms with Crippen LogP contribution in [0.2, 0.25) is 0 Å². The molecule has 0 saturated carbocycles. The van der Waals surface area contributed by atoms with Crippen molar-refractivity contribution in [3.63, 3.8) is 0 Å². The van der Waals surface area contributed by atoms with Gasteiger partial charge in [0.05, 0.1) is 4.70 Å². The predicted molar refractivity (Wildman–Crippen MR) is 51.9 cm³/mol. The Hall–Kier alpha value is -1.22. The first-order chi connectivity index (χ1) is 6.24. The van der Waals surface area contributed by atoms with Crippen molar-refractivity contribution in [1.82, 2.24) is 0 Å². The summed E-state index contributed by atoms with van der Waals surface area (Å²) in [6.07, 6.45) is 0.765. The summed E-state index contributed by atoms with van der Waals surface area (Å²) in [6.45, 7) is 1.67. The molecule has 2 rings (SSSR count). The van der Waals surface area contributed by atoms with Crippen molar-refractivity contribution in [2.45, 2.75) is 6.92 Å². The Morgan fingerprint density at radius 3 is 3.00 bits per heavy atom. The maximum absolute atomic E-state index is 13.4. The predicted octanol–water partition coefficient (Wildman–Crippen LogP) is 3.16. The van der Waals surface area contributed by atoms with E-state index in [1.165, 1.54) is 11.3 Å². The molecule has 1 heterocycles. The summed E-state index contributed by atoms with van der Waals surface area (Å²) in [6, 6.07) is 3.35. The van der Waals surface area contributed by atoms with Gasteiger partial charge in [0.2, 0.25) is 0 Å². The van der Waals surface area contributed by atoms with Crippen LogP contribution < -0.4 is 0 Å². The van der Waals surface area contributed by atoms with Crippen LogP contribution in [0.25, 0.3) is 10.1 Å². The van der Waals surface area contributed by atoms with Crippen LogP contribution in [0.1, 0.15) is 15.9 Å². The number of aldehydes is 1. The Balaban J connectivity index is 2.95. The van der Waals surface area contributed by atoms with Crippen LogP contribution in [0.15, 0.2) is 17.5 Å². The van der Waals surface area contributed by atoms with Gasteiger partial charge in [0.1, 0.15) is 5.82 Å². The lowest BCUT2D eigenvalue weighted by Gasteiger charge is -2.00. The lowest BCUT2D eigenvalue weighted by molar-refractivity contribution is 0.112. The molecule has 0 unspecified atom stereocenters. The van der Waals surface area contributed by atoms with Crippen molar-refractivity contribution in [3.05, 3.63) is 34.5 Å². The molecule has 3 heteroatoms. The molecule has 0 fully saturated rings. The van der Waals surface area contributed by atoms with Gasteiger partial charge >= 0.3 is 0 Å². The molecule has 0 atom stereocenters. The van der Waals surface area contributed by atoms with Crippen LogP contribution in [-0.2, 0) is 0 Å². The molecule has 0 aliphatic carbocycles. The van der Waals surface area contributed by atoms with Crippen LogP contribution in [0, 0.1) is 12.7 Å². The van der Waals surface area contributed by atoms with Crippen LogP contribution in [0.4, 0.5) is 4.39 Å². The Kier molecular flexibility index (Phi) is 1.88. The summed E-state index contributed by atoms with van der Waals surface area (Å²) in [7, 11) is 0. The van der Waals surface area contributed by atoms with Crippen LogP contribution in [0.3, 0.4) is 0 Å². The molecular weight excluding hydrogens is 187 g/mol. The molecule has 0 aliphatic heterocycles. The smallest absolute Gasteiger partial charge is 0.150 e. The molecule has 1 aromatic heterocycles. The van der Waals surface area contributed by atoms with Crippen molar-refractivity contribution in [2.24, 2.45) is 0 Å². The highest BCUT2D eigenvalue weighted by Gasteiger charge is 2.09. The van der Waals surface area contributed by atoms with Gasteiger partial charge in [0.25, 0.3) is 0 Å². The molecule has 0 saturated heterocycles. The van der Waals surface area contributed by atoms with Gasteiger partial charge in [-0.15, -0.1) is 11.3 Å². The van der Waals surface area contributed by atoms with Crippen molar-refractivity contribution in [1.29, 1.82) is 0 Å². The average Bonchev–Trinajstić information content (AvgIpc) is 2.60. The maximum Gasteiger partial charge on any atom is 0.150 e. The molecule has 0 N–H and O–H groups in total. The topological polar surface area (TPSA) is 17.1 Å². The first-order valence-electron chi connectivity index (χ1n) is 3.85. The zero-order valence-corrected chi connectivity index (χ0v) is 7.82. The van der Waals surface area contributed by atoms with Gasteiger partial charge in [0.15, 0.2) is 6.29 Å².